The van der Waals surface area contributed by atoms with Gasteiger partial charge in [0.25, 0.3) is 5.91 Å². The summed E-state index contributed by atoms with van der Waals surface area (Å²) in [5, 5.41) is 2.91. The molecule has 0 bridgehead atoms. The Labute approximate surface area is 156 Å². The number of benzene rings is 1. The molecule has 0 aliphatic heterocycles. The summed E-state index contributed by atoms with van der Waals surface area (Å²) >= 11 is 0. The Balaban J connectivity index is 1.89. The lowest BCUT2D eigenvalue weighted by Crippen LogP contribution is -2.45. The van der Waals surface area contributed by atoms with E-state index in [1.54, 1.807) is 0 Å². The fourth-order valence-corrected chi connectivity index (χ4v) is 3.08. The average molecular weight is 383 g/mol. The van der Waals surface area contributed by atoms with Gasteiger partial charge in [-0.2, -0.15) is 13.2 Å². The zero-order valence-electron chi connectivity index (χ0n) is 15.4. The number of ether oxygens (including phenoxy) is 1. The van der Waals surface area contributed by atoms with E-state index in [4.69, 9.17) is 4.74 Å². The third-order valence-electron chi connectivity index (χ3n) is 4.73. The average Bonchev–Trinajstić information content (AvgIpc) is 2.61. The highest BCUT2D eigenvalue weighted by atomic mass is 19.4. The minimum atomic E-state index is -4.45. The third kappa shape index (κ3) is 6.41. The number of halogens is 3. The van der Waals surface area contributed by atoms with E-state index in [1.807, 2.05) is 0 Å². The van der Waals surface area contributed by atoms with Gasteiger partial charge >= 0.3 is 12.1 Å². The van der Waals surface area contributed by atoms with Crippen molar-refractivity contribution in [2.24, 2.45) is 5.92 Å². The summed E-state index contributed by atoms with van der Waals surface area (Å²) in [6, 6.07) is 4.67. The van der Waals surface area contributed by atoms with Crippen molar-refractivity contribution in [1.82, 2.24) is 5.32 Å². The second-order valence-electron chi connectivity index (χ2n) is 6.91. The maximum Gasteiger partial charge on any atom is 0.416 e. The van der Waals surface area contributed by atoms with Crippen molar-refractivity contribution in [2.45, 2.75) is 57.9 Å². The summed E-state index contributed by atoms with van der Waals surface area (Å²) in [4.78, 5) is 24.0. The zero-order valence-corrected chi connectivity index (χ0v) is 15.4. The van der Waals surface area contributed by atoms with Crippen LogP contribution in [-0.2, 0) is 20.5 Å². The Hall–Kier alpha value is -2.31. The quantitative estimate of drug-likeness (QED) is 0.608. The normalized spacial score (nSPS) is 21.7. The Kier molecular flexibility index (Phi) is 7.05. The largest absolute Gasteiger partial charge is 0.449 e. The molecule has 1 amide bonds. The first kappa shape index (κ1) is 21.0. The van der Waals surface area contributed by atoms with Crippen molar-refractivity contribution in [3.63, 3.8) is 0 Å². The minimum Gasteiger partial charge on any atom is -0.449 e. The maximum absolute atomic E-state index is 12.7. The molecule has 1 N–H and O–H groups in total. The van der Waals surface area contributed by atoms with Crippen LogP contribution in [0.2, 0.25) is 0 Å². The van der Waals surface area contributed by atoms with Gasteiger partial charge in [-0.05, 0) is 49.5 Å². The third-order valence-corrected chi connectivity index (χ3v) is 4.73. The van der Waals surface area contributed by atoms with Crippen LogP contribution in [-0.4, -0.2) is 24.0 Å². The molecular weight excluding hydrogens is 359 g/mol. The van der Waals surface area contributed by atoms with Crippen LogP contribution < -0.4 is 5.32 Å². The van der Waals surface area contributed by atoms with Gasteiger partial charge in [0.1, 0.15) is 0 Å². The van der Waals surface area contributed by atoms with Crippen molar-refractivity contribution < 1.29 is 27.5 Å². The van der Waals surface area contributed by atoms with Crippen LogP contribution in [0.25, 0.3) is 6.08 Å². The molecule has 148 valence electrons. The predicted molar refractivity (Wildman–Crippen MR) is 95.6 cm³/mol. The van der Waals surface area contributed by atoms with Crippen LogP contribution in [0.3, 0.4) is 0 Å². The molecule has 7 heteroatoms. The van der Waals surface area contributed by atoms with Crippen molar-refractivity contribution in [1.29, 1.82) is 0 Å². The molecule has 3 atom stereocenters. The van der Waals surface area contributed by atoms with E-state index in [2.05, 4.69) is 12.2 Å². The van der Waals surface area contributed by atoms with E-state index >= 15 is 0 Å². The lowest BCUT2D eigenvalue weighted by molar-refractivity contribution is -0.150. The molecule has 1 aromatic rings. The number of hydrogen-bond donors (Lipinski definition) is 1. The minimum absolute atomic E-state index is 0.0769. The highest BCUT2D eigenvalue weighted by Crippen LogP contribution is 2.29. The van der Waals surface area contributed by atoms with Crippen molar-refractivity contribution >= 4 is 18.0 Å². The molecule has 2 rings (SSSR count). The monoisotopic (exact) mass is 383 g/mol. The van der Waals surface area contributed by atoms with Gasteiger partial charge in [0.2, 0.25) is 0 Å². The van der Waals surface area contributed by atoms with Crippen LogP contribution in [0.15, 0.2) is 30.3 Å². The standard InChI is InChI=1S/C20H24F3NO3/c1-13-6-3-4-9-17(13)24-19(26)14(2)27-18(25)11-10-15-7-5-8-16(12-15)20(21,22)23/h5,7-8,10-14,17H,3-4,6,9H2,1-2H3,(H,24,26)/b11-10+. The predicted octanol–water partition coefficient (Wildman–Crippen LogP) is 4.35. The fourth-order valence-electron chi connectivity index (χ4n) is 3.08. The van der Waals surface area contributed by atoms with Crippen LogP contribution in [0.4, 0.5) is 13.2 Å². The number of carbonyl (C=O) groups is 2. The molecule has 1 aliphatic rings. The molecule has 4 nitrogen and oxygen atoms in total. The molecule has 0 aromatic heterocycles. The van der Waals surface area contributed by atoms with E-state index < -0.39 is 23.8 Å². The number of rotatable bonds is 5. The molecule has 0 radical (unpaired) electrons. The van der Waals surface area contributed by atoms with Gasteiger partial charge in [-0.1, -0.05) is 31.9 Å². The van der Waals surface area contributed by atoms with Crippen LogP contribution >= 0.6 is 0 Å². The van der Waals surface area contributed by atoms with Crippen molar-refractivity contribution in [3.8, 4) is 0 Å². The molecule has 1 fully saturated rings. The Bertz CT molecular complexity index is 700. The number of amides is 1. The number of nitrogens with one attached hydrogen (secondary N) is 1. The molecule has 1 aromatic carbocycles. The molecule has 27 heavy (non-hydrogen) atoms. The van der Waals surface area contributed by atoms with Gasteiger partial charge in [0.05, 0.1) is 5.56 Å². The van der Waals surface area contributed by atoms with E-state index in [-0.39, 0.29) is 17.5 Å². The first-order chi connectivity index (χ1) is 12.7. The summed E-state index contributed by atoms with van der Waals surface area (Å²) in [7, 11) is 0. The van der Waals surface area contributed by atoms with E-state index in [9.17, 15) is 22.8 Å². The highest BCUT2D eigenvalue weighted by molar-refractivity contribution is 5.90. The Morgan fingerprint density at radius 3 is 2.63 bits per heavy atom. The summed E-state index contributed by atoms with van der Waals surface area (Å²) in [5.41, 5.74) is -0.581. The highest BCUT2D eigenvalue weighted by Gasteiger charge is 2.30. The van der Waals surface area contributed by atoms with Gasteiger partial charge in [0.15, 0.2) is 6.10 Å². The molecular formula is C20H24F3NO3. The second kappa shape index (κ2) is 9.06. The number of carbonyl (C=O) groups excluding carboxylic acids is 2. The Morgan fingerprint density at radius 2 is 1.96 bits per heavy atom. The second-order valence-corrected chi connectivity index (χ2v) is 6.91. The fraction of sp³-hybridized carbons (Fsp3) is 0.500. The van der Waals surface area contributed by atoms with Gasteiger partial charge in [0, 0.05) is 12.1 Å². The lowest BCUT2D eigenvalue weighted by atomic mass is 9.86. The molecule has 0 saturated heterocycles. The number of esters is 1. The van der Waals surface area contributed by atoms with Crippen molar-refractivity contribution in [2.75, 3.05) is 0 Å². The molecule has 1 saturated carbocycles. The number of hydrogen-bond acceptors (Lipinski definition) is 3. The first-order valence-electron chi connectivity index (χ1n) is 9.03. The molecule has 1 aliphatic carbocycles. The van der Waals surface area contributed by atoms with Gasteiger partial charge in [-0.25, -0.2) is 4.79 Å². The first-order valence-corrected chi connectivity index (χ1v) is 9.03. The van der Waals surface area contributed by atoms with Gasteiger partial charge in [-0.3, -0.25) is 4.79 Å². The summed E-state index contributed by atoms with van der Waals surface area (Å²) < 4.78 is 43.1. The topological polar surface area (TPSA) is 55.4 Å². The molecule has 3 unspecified atom stereocenters. The van der Waals surface area contributed by atoms with Crippen LogP contribution in [0.1, 0.15) is 50.7 Å². The van der Waals surface area contributed by atoms with E-state index in [0.29, 0.717) is 5.92 Å². The summed E-state index contributed by atoms with van der Waals surface area (Å²) in [6.45, 7) is 3.55. The van der Waals surface area contributed by atoms with Crippen LogP contribution in [0.5, 0.6) is 0 Å². The van der Waals surface area contributed by atoms with Gasteiger partial charge in [-0.15, -0.1) is 0 Å². The maximum atomic E-state index is 12.7. The smallest absolute Gasteiger partial charge is 0.416 e. The lowest BCUT2D eigenvalue weighted by Gasteiger charge is -2.30. The zero-order chi connectivity index (χ0) is 20.0. The summed E-state index contributed by atoms with van der Waals surface area (Å²) in [6.07, 6.45) is 0.989. The SMILES string of the molecule is CC(OC(=O)/C=C/c1cccc(C(F)(F)F)c1)C(=O)NC1CCCCC1C. The van der Waals surface area contributed by atoms with Crippen LogP contribution in [0, 0.1) is 5.92 Å². The van der Waals surface area contributed by atoms with E-state index in [0.717, 1.165) is 43.9 Å². The number of alkyl halides is 3. The molecule has 0 spiro atoms. The van der Waals surface area contributed by atoms with Gasteiger partial charge < -0.3 is 10.1 Å². The molecule has 0 heterocycles. The summed E-state index contributed by atoms with van der Waals surface area (Å²) in [5.74, 6) is -0.771. The Morgan fingerprint density at radius 1 is 1.26 bits per heavy atom. The van der Waals surface area contributed by atoms with Crippen molar-refractivity contribution in [3.05, 3.63) is 41.5 Å². The van der Waals surface area contributed by atoms with E-state index in [1.165, 1.54) is 25.1 Å².